The van der Waals surface area contributed by atoms with Crippen LogP contribution in [0.5, 0.6) is 0 Å². The lowest BCUT2D eigenvalue weighted by Crippen LogP contribution is -2.02. The van der Waals surface area contributed by atoms with Crippen molar-refractivity contribution < 1.29 is 9.50 Å². The molecule has 0 radical (unpaired) electrons. The third-order valence-corrected chi connectivity index (χ3v) is 3.52. The molecule has 0 bridgehead atoms. The van der Waals surface area contributed by atoms with Crippen molar-refractivity contribution in [2.45, 2.75) is 12.5 Å². The van der Waals surface area contributed by atoms with Crippen molar-refractivity contribution in [1.29, 1.82) is 0 Å². The van der Waals surface area contributed by atoms with E-state index >= 15 is 0 Å². The number of hydrogen-bond acceptors (Lipinski definition) is 1. The molecule has 1 N–H and O–H groups in total. The molecule has 2 aromatic carbocycles. The van der Waals surface area contributed by atoms with E-state index in [0.717, 1.165) is 10.0 Å². The maximum absolute atomic E-state index is 13.1. The van der Waals surface area contributed by atoms with E-state index in [1.165, 1.54) is 18.2 Å². The summed E-state index contributed by atoms with van der Waals surface area (Å²) < 4.78 is 14.0. The van der Waals surface area contributed by atoms with Gasteiger partial charge in [-0.3, -0.25) is 0 Å². The summed E-state index contributed by atoms with van der Waals surface area (Å²) in [6.07, 6.45) is -0.422. The van der Waals surface area contributed by atoms with Crippen molar-refractivity contribution >= 4 is 27.5 Å². The number of benzene rings is 2. The predicted octanol–water partition coefficient (Wildman–Crippen LogP) is 4.52. The fraction of sp³-hybridized carbons (Fsp3) is 0.143. The maximum atomic E-state index is 13.1. The summed E-state index contributed by atoms with van der Waals surface area (Å²) in [6.45, 7) is 0. The first-order chi connectivity index (χ1) is 8.56. The second-order valence-corrected chi connectivity index (χ2v) is 5.33. The molecular weight excluding hydrogens is 319 g/mol. The van der Waals surface area contributed by atoms with Crippen LogP contribution < -0.4 is 0 Å². The predicted molar refractivity (Wildman–Crippen MR) is 74.2 cm³/mol. The summed E-state index contributed by atoms with van der Waals surface area (Å²) in [4.78, 5) is 0. The van der Waals surface area contributed by atoms with E-state index in [2.05, 4.69) is 15.9 Å². The van der Waals surface area contributed by atoms with E-state index in [4.69, 9.17) is 11.6 Å². The van der Waals surface area contributed by atoms with Gasteiger partial charge < -0.3 is 5.11 Å². The zero-order chi connectivity index (χ0) is 13.1. The Labute approximate surface area is 118 Å². The number of aliphatic hydroxyl groups is 1. The van der Waals surface area contributed by atoms with Gasteiger partial charge in [0.1, 0.15) is 5.82 Å². The highest BCUT2D eigenvalue weighted by Crippen LogP contribution is 2.25. The summed E-state index contributed by atoms with van der Waals surface area (Å²) in [5, 5.41) is 10.6. The van der Waals surface area contributed by atoms with Crippen LogP contribution in [0.15, 0.2) is 46.9 Å². The van der Waals surface area contributed by atoms with Gasteiger partial charge in [0.15, 0.2) is 0 Å². The first kappa shape index (κ1) is 13.5. The van der Waals surface area contributed by atoms with Crippen LogP contribution in [-0.2, 0) is 6.42 Å². The third kappa shape index (κ3) is 3.31. The Morgan fingerprint density at radius 3 is 2.72 bits per heavy atom. The van der Waals surface area contributed by atoms with E-state index in [-0.39, 0.29) is 12.2 Å². The zero-order valence-corrected chi connectivity index (χ0v) is 11.7. The van der Waals surface area contributed by atoms with E-state index in [1.54, 1.807) is 0 Å². The Bertz CT molecular complexity index is 559. The molecule has 2 aromatic rings. The average molecular weight is 330 g/mol. The molecule has 94 valence electrons. The summed E-state index contributed by atoms with van der Waals surface area (Å²) in [5.74, 6) is -0.351. The van der Waals surface area contributed by atoms with Crippen molar-refractivity contribution in [3.63, 3.8) is 0 Å². The summed E-state index contributed by atoms with van der Waals surface area (Å²) in [7, 11) is 0. The van der Waals surface area contributed by atoms with E-state index in [1.807, 2.05) is 24.3 Å². The molecule has 0 aliphatic heterocycles. The first-order valence-electron chi connectivity index (χ1n) is 5.44. The Morgan fingerprint density at radius 1 is 1.22 bits per heavy atom. The molecule has 1 unspecified atom stereocenters. The second-order valence-electron chi connectivity index (χ2n) is 4.01. The highest BCUT2D eigenvalue weighted by Gasteiger charge is 2.12. The Morgan fingerprint density at radius 2 is 2.00 bits per heavy atom. The van der Waals surface area contributed by atoms with Crippen molar-refractivity contribution in [3.8, 4) is 0 Å². The molecule has 0 amide bonds. The molecule has 0 aliphatic rings. The highest BCUT2D eigenvalue weighted by atomic mass is 79.9. The number of halogens is 3. The van der Waals surface area contributed by atoms with Gasteiger partial charge in [-0.1, -0.05) is 39.7 Å². The van der Waals surface area contributed by atoms with Crippen LogP contribution in [0.1, 0.15) is 17.2 Å². The molecule has 0 saturated heterocycles. The van der Waals surface area contributed by atoms with E-state index in [0.29, 0.717) is 10.6 Å². The normalized spacial score (nSPS) is 12.4. The number of rotatable bonds is 3. The SMILES string of the molecule is OC(Cc1cc(F)ccc1Cl)c1cccc(Br)c1. The van der Waals surface area contributed by atoms with Crippen LogP contribution in [0.4, 0.5) is 4.39 Å². The molecule has 18 heavy (non-hydrogen) atoms. The first-order valence-corrected chi connectivity index (χ1v) is 6.61. The van der Waals surface area contributed by atoms with Gasteiger partial charge in [0.25, 0.3) is 0 Å². The zero-order valence-electron chi connectivity index (χ0n) is 9.41. The molecular formula is C14H11BrClFO. The molecule has 1 atom stereocenters. The standard InChI is InChI=1S/C14H11BrClFO/c15-11-3-1-2-9(6-11)14(18)8-10-7-12(17)4-5-13(10)16/h1-7,14,18H,8H2. The minimum Gasteiger partial charge on any atom is -0.388 e. The lowest BCUT2D eigenvalue weighted by molar-refractivity contribution is 0.178. The van der Waals surface area contributed by atoms with Gasteiger partial charge in [-0.05, 0) is 41.5 Å². The van der Waals surface area contributed by atoms with Crippen LogP contribution in [0.3, 0.4) is 0 Å². The molecule has 0 aromatic heterocycles. The van der Waals surface area contributed by atoms with Crippen LogP contribution >= 0.6 is 27.5 Å². The Balaban J connectivity index is 2.21. The van der Waals surface area contributed by atoms with Crippen LogP contribution in [0.25, 0.3) is 0 Å². The number of hydrogen-bond donors (Lipinski definition) is 1. The van der Waals surface area contributed by atoms with Crippen LogP contribution in [-0.4, -0.2) is 5.11 Å². The largest absolute Gasteiger partial charge is 0.388 e. The topological polar surface area (TPSA) is 20.2 Å². The molecule has 0 saturated carbocycles. The van der Waals surface area contributed by atoms with Crippen molar-refractivity contribution in [2.75, 3.05) is 0 Å². The van der Waals surface area contributed by atoms with Gasteiger partial charge in [-0.15, -0.1) is 0 Å². The lowest BCUT2D eigenvalue weighted by Gasteiger charge is -2.12. The van der Waals surface area contributed by atoms with Gasteiger partial charge in [-0.25, -0.2) is 4.39 Å². The molecule has 1 nitrogen and oxygen atoms in total. The number of aliphatic hydroxyl groups excluding tert-OH is 1. The minimum atomic E-state index is -0.707. The fourth-order valence-corrected chi connectivity index (χ4v) is 2.35. The smallest absolute Gasteiger partial charge is 0.123 e. The Hall–Kier alpha value is -0.900. The Kier molecular flexibility index (Phi) is 4.38. The second kappa shape index (κ2) is 5.83. The van der Waals surface area contributed by atoms with Crippen molar-refractivity contribution in [1.82, 2.24) is 0 Å². The van der Waals surface area contributed by atoms with Gasteiger partial charge in [0.2, 0.25) is 0 Å². The van der Waals surface area contributed by atoms with Crippen LogP contribution in [0.2, 0.25) is 5.02 Å². The average Bonchev–Trinajstić information content (AvgIpc) is 2.34. The fourth-order valence-electron chi connectivity index (χ4n) is 1.74. The van der Waals surface area contributed by atoms with Gasteiger partial charge >= 0.3 is 0 Å². The molecule has 0 spiro atoms. The molecule has 2 rings (SSSR count). The lowest BCUT2D eigenvalue weighted by atomic mass is 10.0. The molecule has 0 aliphatic carbocycles. The van der Waals surface area contributed by atoms with Gasteiger partial charge in [0, 0.05) is 15.9 Å². The molecule has 4 heteroatoms. The van der Waals surface area contributed by atoms with Crippen molar-refractivity contribution in [3.05, 3.63) is 68.9 Å². The van der Waals surface area contributed by atoms with Gasteiger partial charge in [-0.2, -0.15) is 0 Å². The summed E-state index contributed by atoms with van der Waals surface area (Å²) in [5.41, 5.74) is 1.37. The molecule has 0 heterocycles. The maximum Gasteiger partial charge on any atom is 0.123 e. The third-order valence-electron chi connectivity index (χ3n) is 2.65. The highest BCUT2D eigenvalue weighted by molar-refractivity contribution is 9.10. The minimum absolute atomic E-state index is 0.285. The van der Waals surface area contributed by atoms with Gasteiger partial charge in [0.05, 0.1) is 6.10 Å². The molecule has 0 fully saturated rings. The summed E-state index contributed by atoms with van der Waals surface area (Å²) in [6, 6.07) is 11.5. The van der Waals surface area contributed by atoms with E-state index < -0.39 is 6.10 Å². The van der Waals surface area contributed by atoms with Crippen molar-refractivity contribution in [2.24, 2.45) is 0 Å². The van der Waals surface area contributed by atoms with E-state index in [9.17, 15) is 9.50 Å². The van der Waals surface area contributed by atoms with Crippen LogP contribution in [0, 0.1) is 5.82 Å². The monoisotopic (exact) mass is 328 g/mol. The summed E-state index contributed by atoms with van der Waals surface area (Å²) >= 11 is 9.32. The quantitative estimate of drug-likeness (QED) is 0.878.